The first-order valence-electron chi connectivity index (χ1n) is 4.70. The Labute approximate surface area is 95.2 Å². The summed E-state index contributed by atoms with van der Waals surface area (Å²) in [6, 6.07) is 0. The van der Waals surface area contributed by atoms with Gasteiger partial charge in [-0.2, -0.15) is 5.10 Å². The van der Waals surface area contributed by atoms with Crippen molar-refractivity contribution in [2.75, 3.05) is 0 Å². The van der Waals surface area contributed by atoms with Gasteiger partial charge >= 0.3 is 11.7 Å². The molecule has 1 N–H and O–H groups in total. The SMILES string of the molecule is Cn1cnn(Cc2ncncc2C(=O)O)c1=O. The summed E-state index contributed by atoms with van der Waals surface area (Å²) in [6.07, 6.45) is 3.78. The van der Waals surface area contributed by atoms with E-state index in [0.29, 0.717) is 0 Å². The number of aryl methyl sites for hydroxylation is 1. The zero-order valence-corrected chi connectivity index (χ0v) is 8.94. The lowest BCUT2D eigenvalue weighted by Gasteiger charge is -2.02. The molecular weight excluding hydrogens is 226 g/mol. The Balaban J connectivity index is 2.40. The molecule has 88 valence electrons. The number of aromatic carboxylic acids is 1. The molecule has 17 heavy (non-hydrogen) atoms. The molecule has 0 atom stereocenters. The molecule has 0 aromatic carbocycles. The first kappa shape index (κ1) is 11.0. The molecule has 2 aromatic heterocycles. The molecule has 2 aromatic rings. The van der Waals surface area contributed by atoms with E-state index in [1.807, 2.05) is 0 Å². The lowest BCUT2D eigenvalue weighted by Crippen LogP contribution is -2.24. The fourth-order valence-electron chi connectivity index (χ4n) is 1.33. The van der Waals surface area contributed by atoms with Crippen LogP contribution in [0.2, 0.25) is 0 Å². The molecule has 0 saturated carbocycles. The average Bonchev–Trinajstić information content (AvgIpc) is 2.61. The maximum atomic E-state index is 11.5. The van der Waals surface area contributed by atoms with Gasteiger partial charge in [-0.15, -0.1) is 0 Å². The summed E-state index contributed by atoms with van der Waals surface area (Å²) in [4.78, 5) is 29.9. The van der Waals surface area contributed by atoms with E-state index in [1.54, 1.807) is 7.05 Å². The molecule has 2 rings (SSSR count). The zero-order chi connectivity index (χ0) is 12.4. The van der Waals surface area contributed by atoms with Crippen molar-refractivity contribution in [3.8, 4) is 0 Å². The second kappa shape index (κ2) is 4.16. The Morgan fingerprint density at radius 1 is 1.53 bits per heavy atom. The van der Waals surface area contributed by atoms with Crippen molar-refractivity contribution in [1.82, 2.24) is 24.3 Å². The standard InChI is InChI=1S/C9H9N5O3/c1-13-5-12-14(9(13)17)3-7-6(8(15)16)2-10-4-11-7/h2,4-5H,3H2,1H3,(H,15,16). The molecule has 8 nitrogen and oxygen atoms in total. The van der Waals surface area contributed by atoms with Crippen LogP contribution in [-0.2, 0) is 13.6 Å². The van der Waals surface area contributed by atoms with E-state index in [-0.39, 0.29) is 23.5 Å². The van der Waals surface area contributed by atoms with E-state index in [1.165, 1.54) is 23.4 Å². The van der Waals surface area contributed by atoms with E-state index in [0.717, 1.165) is 4.68 Å². The number of rotatable bonds is 3. The van der Waals surface area contributed by atoms with Crippen LogP contribution < -0.4 is 5.69 Å². The molecule has 8 heteroatoms. The number of hydrogen-bond acceptors (Lipinski definition) is 5. The van der Waals surface area contributed by atoms with Crippen molar-refractivity contribution in [3.05, 3.63) is 40.6 Å². The van der Waals surface area contributed by atoms with Crippen LogP contribution in [0, 0.1) is 0 Å². The van der Waals surface area contributed by atoms with Crippen LogP contribution >= 0.6 is 0 Å². The Morgan fingerprint density at radius 3 is 2.88 bits per heavy atom. The number of carbonyl (C=O) groups is 1. The molecule has 0 saturated heterocycles. The monoisotopic (exact) mass is 235 g/mol. The van der Waals surface area contributed by atoms with E-state index in [2.05, 4.69) is 15.1 Å². The molecule has 0 unspecified atom stereocenters. The van der Waals surface area contributed by atoms with Crippen LogP contribution in [0.5, 0.6) is 0 Å². The average molecular weight is 235 g/mol. The minimum Gasteiger partial charge on any atom is -0.478 e. The van der Waals surface area contributed by atoms with Gasteiger partial charge in [0.25, 0.3) is 0 Å². The smallest absolute Gasteiger partial charge is 0.345 e. The van der Waals surface area contributed by atoms with Crippen molar-refractivity contribution in [2.45, 2.75) is 6.54 Å². The normalized spacial score (nSPS) is 10.4. The van der Waals surface area contributed by atoms with Gasteiger partial charge < -0.3 is 5.11 Å². The van der Waals surface area contributed by atoms with E-state index in [9.17, 15) is 9.59 Å². The fourth-order valence-corrected chi connectivity index (χ4v) is 1.33. The predicted molar refractivity (Wildman–Crippen MR) is 55.6 cm³/mol. The summed E-state index contributed by atoms with van der Waals surface area (Å²) >= 11 is 0. The summed E-state index contributed by atoms with van der Waals surface area (Å²) in [5.41, 5.74) is -0.127. The van der Waals surface area contributed by atoms with Crippen LogP contribution in [-0.4, -0.2) is 35.4 Å². The van der Waals surface area contributed by atoms with Crippen LogP contribution in [0.25, 0.3) is 0 Å². The van der Waals surface area contributed by atoms with Crippen molar-refractivity contribution >= 4 is 5.97 Å². The highest BCUT2D eigenvalue weighted by Crippen LogP contribution is 2.04. The number of aromatic nitrogens is 5. The summed E-state index contributed by atoms with van der Waals surface area (Å²) in [7, 11) is 1.56. The molecular formula is C9H9N5O3. The highest BCUT2D eigenvalue weighted by Gasteiger charge is 2.13. The Bertz CT molecular complexity index is 615. The second-order valence-corrected chi connectivity index (χ2v) is 3.37. The van der Waals surface area contributed by atoms with Gasteiger partial charge in [-0.05, 0) is 0 Å². The van der Waals surface area contributed by atoms with Gasteiger partial charge in [-0.3, -0.25) is 4.57 Å². The molecule has 0 amide bonds. The van der Waals surface area contributed by atoms with Gasteiger partial charge in [0.1, 0.15) is 18.2 Å². The molecule has 2 heterocycles. The summed E-state index contributed by atoms with van der Waals surface area (Å²) in [5, 5.41) is 12.8. The number of nitrogens with zero attached hydrogens (tertiary/aromatic N) is 5. The van der Waals surface area contributed by atoms with Crippen molar-refractivity contribution in [3.63, 3.8) is 0 Å². The van der Waals surface area contributed by atoms with Crippen LogP contribution in [0.15, 0.2) is 23.6 Å². The highest BCUT2D eigenvalue weighted by molar-refractivity contribution is 5.88. The van der Waals surface area contributed by atoms with Gasteiger partial charge in [0, 0.05) is 13.2 Å². The predicted octanol–water partition coefficient (Wildman–Crippen LogP) is -0.882. The van der Waals surface area contributed by atoms with Gasteiger partial charge in [0.2, 0.25) is 0 Å². The minimum absolute atomic E-state index is 0.00380. The number of hydrogen-bond donors (Lipinski definition) is 1. The summed E-state index contributed by atoms with van der Waals surface area (Å²) in [6.45, 7) is 0.00380. The first-order valence-corrected chi connectivity index (χ1v) is 4.70. The van der Waals surface area contributed by atoms with E-state index >= 15 is 0 Å². The third-order valence-electron chi connectivity index (χ3n) is 2.21. The topological polar surface area (TPSA) is 103 Å². The van der Waals surface area contributed by atoms with E-state index in [4.69, 9.17) is 5.11 Å². The maximum absolute atomic E-state index is 11.5. The fraction of sp³-hybridized carbons (Fsp3) is 0.222. The quantitative estimate of drug-likeness (QED) is 0.740. The Morgan fingerprint density at radius 2 is 2.29 bits per heavy atom. The first-order chi connectivity index (χ1) is 8.09. The number of carboxylic acid groups (broad SMARTS) is 1. The molecule has 0 radical (unpaired) electrons. The lowest BCUT2D eigenvalue weighted by atomic mass is 10.2. The third kappa shape index (κ3) is 2.05. The molecule has 0 bridgehead atoms. The van der Waals surface area contributed by atoms with Crippen LogP contribution in [0.3, 0.4) is 0 Å². The molecule has 0 aliphatic carbocycles. The summed E-state index contributed by atoms with van der Waals surface area (Å²) in [5.74, 6) is -1.13. The maximum Gasteiger partial charge on any atom is 0.345 e. The van der Waals surface area contributed by atoms with Crippen molar-refractivity contribution in [1.29, 1.82) is 0 Å². The van der Waals surface area contributed by atoms with Gasteiger partial charge in [-0.1, -0.05) is 0 Å². The minimum atomic E-state index is -1.13. The number of carboxylic acids is 1. The van der Waals surface area contributed by atoms with Gasteiger partial charge in [-0.25, -0.2) is 24.2 Å². The lowest BCUT2D eigenvalue weighted by molar-refractivity contribution is 0.0694. The Kier molecular flexibility index (Phi) is 2.69. The molecule has 0 spiro atoms. The summed E-state index contributed by atoms with van der Waals surface area (Å²) < 4.78 is 2.43. The van der Waals surface area contributed by atoms with Gasteiger partial charge in [0.15, 0.2) is 0 Å². The van der Waals surface area contributed by atoms with Crippen molar-refractivity contribution in [2.24, 2.45) is 7.05 Å². The highest BCUT2D eigenvalue weighted by atomic mass is 16.4. The Hall–Kier alpha value is -2.51. The van der Waals surface area contributed by atoms with Gasteiger partial charge in [0.05, 0.1) is 12.2 Å². The third-order valence-corrected chi connectivity index (χ3v) is 2.21. The van der Waals surface area contributed by atoms with Crippen LogP contribution in [0.1, 0.15) is 16.1 Å². The second-order valence-electron chi connectivity index (χ2n) is 3.37. The zero-order valence-electron chi connectivity index (χ0n) is 8.94. The largest absolute Gasteiger partial charge is 0.478 e. The van der Waals surface area contributed by atoms with Crippen molar-refractivity contribution < 1.29 is 9.90 Å². The molecule has 0 fully saturated rings. The van der Waals surface area contributed by atoms with E-state index < -0.39 is 5.97 Å². The molecule has 0 aliphatic rings. The molecule has 0 aliphatic heterocycles. The van der Waals surface area contributed by atoms with Crippen LogP contribution in [0.4, 0.5) is 0 Å².